The maximum atomic E-state index is 13.5. The number of hydrogen-bond acceptors (Lipinski definition) is 2. The highest BCUT2D eigenvalue weighted by atomic mass is 32.2. The zero-order valence-corrected chi connectivity index (χ0v) is 9.56. The maximum Gasteiger partial charge on any atom is 0.129 e. The molecule has 1 fully saturated rings. The number of thioether (sulfide) groups is 1. The molecule has 82 valence electrons. The first-order valence-corrected chi connectivity index (χ1v) is 6.26. The summed E-state index contributed by atoms with van der Waals surface area (Å²) < 4.78 is 13.5. The number of aliphatic hydroxyl groups is 1. The van der Waals surface area contributed by atoms with Crippen LogP contribution < -0.4 is 0 Å². The smallest absolute Gasteiger partial charge is 0.129 e. The number of hydrogen-bond donors (Lipinski definition) is 1. The Morgan fingerprint density at radius 2 is 2.20 bits per heavy atom. The normalized spacial score (nSPS) is 31.5. The molecule has 1 aromatic carbocycles. The molecular formula is C12H15FOS. The van der Waals surface area contributed by atoms with Crippen LogP contribution in [0.1, 0.15) is 25.3 Å². The van der Waals surface area contributed by atoms with E-state index in [1.807, 2.05) is 0 Å². The summed E-state index contributed by atoms with van der Waals surface area (Å²) in [5, 5.41) is 10.9. The molecule has 0 amide bonds. The summed E-state index contributed by atoms with van der Waals surface area (Å²) >= 11 is 1.71. The van der Waals surface area contributed by atoms with E-state index in [2.05, 4.69) is 6.92 Å². The number of halogens is 1. The Bertz CT molecular complexity index is 345. The molecule has 1 heterocycles. The van der Waals surface area contributed by atoms with Crippen LogP contribution in [0.5, 0.6) is 0 Å². The Labute approximate surface area is 93.7 Å². The number of benzene rings is 1. The first-order chi connectivity index (χ1) is 7.12. The van der Waals surface area contributed by atoms with Gasteiger partial charge in [0.25, 0.3) is 0 Å². The second-order valence-electron chi connectivity index (χ2n) is 4.17. The molecule has 1 saturated heterocycles. The minimum Gasteiger partial charge on any atom is -0.384 e. The standard InChI is InChI=1S/C12H15FOS/c1-9-6-7-12(14,8-15-9)10-4-2-3-5-11(10)13/h2-5,9,14H,6-8H2,1H3/t9-,12+/m0/s1. The monoisotopic (exact) mass is 226 g/mol. The molecule has 1 aliphatic rings. The molecule has 1 aromatic rings. The lowest BCUT2D eigenvalue weighted by molar-refractivity contribution is 0.0435. The minimum atomic E-state index is -0.970. The molecule has 3 heteroatoms. The lowest BCUT2D eigenvalue weighted by Gasteiger charge is -2.35. The van der Waals surface area contributed by atoms with E-state index in [1.54, 1.807) is 30.0 Å². The molecule has 0 unspecified atom stereocenters. The first-order valence-electron chi connectivity index (χ1n) is 5.21. The zero-order valence-electron chi connectivity index (χ0n) is 8.74. The predicted molar refractivity (Wildman–Crippen MR) is 61.5 cm³/mol. The van der Waals surface area contributed by atoms with Crippen LogP contribution in [0, 0.1) is 5.82 Å². The van der Waals surface area contributed by atoms with Gasteiger partial charge in [0, 0.05) is 16.6 Å². The second kappa shape index (κ2) is 4.14. The number of rotatable bonds is 1. The molecule has 0 saturated carbocycles. The van der Waals surface area contributed by atoms with Crippen LogP contribution in [-0.2, 0) is 5.60 Å². The van der Waals surface area contributed by atoms with Crippen LogP contribution in [-0.4, -0.2) is 16.1 Å². The molecule has 0 aromatic heterocycles. The fraction of sp³-hybridized carbons (Fsp3) is 0.500. The van der Waals surface area contributed by atoms with E-state index >= 15 is 0 Å². The summed E-state index contributed by atoms with van der Waals surface area (Å²) in [4.78, 5) is 0. The van der Waals surface area contributed by atoms with Gasteiger partial charge in [0.15, 0.2) is 0 Å². The first kappa shape index (κ1) is 11.0. The lowest BCUT2D eigenvalue weighted by Crippen LogP contribution is -2.34. The van der Waals surface area contributed by atoms with Gasteiger partial charge < -0.3 is 5.11 Å². The van der Waals surface area contributed by atoms with Gasteiger partial charge in [-0.25, -0.2) is 4.39 Å². The van der Waals surface area contributed by atoms with E-state index in [1.165, 1.54) is 6.07 Å². The molecule has 2 rings (SSSR count). The van der Waals surface area contributed by atoms with Crippen molar-refractivity contribution in [2.45, 2.75) is 30.6 Å². The maximum absolute atomic E-state index is 13.5. The van der Waals surface area contributed by atoms with Gasteiger partial charge in [-0.05, 0) is 18.9 Å². The molecule has 1 aliphatic heterocycles. The fourth-order valence-electron chi connectivity index (χ4n) is 1.93. The Morgan fingerprint density at radius 3 is 2.80 bits per heavy atom. The van der Waals surface area contributed by atoms with Crippen LogP contribution in [0.4, 0.5) is 4.39 Å². The SMILES string of the molecule is C[C@H]1CC[C@](O)(c2ccccc2F)CS1. The fourth-order valence-corrected chi connectivity index (χ4v) is 3.07. The zero-order chi connectivity index (χ0) is 10.9. The highest BCUT2D eigenvalue weighted by Gasteiger charge is 2.35. The van der Waals surface area contributed by atoms with E-state index in [0.717, 1.165) is 6.42 Å². The van der Waals surface area contributed by atoms with Crippen LogP contribution in [0.2, 0.25) is 0 Å². The largest absolute Gasteiger partial charge is 0.384 e. The van der Waals surface area contributed by atoms with Crippen molar-refractivity contribution in [1.82, 2.24) is 0 Å². The summed E-state index contributed by atoms with van der Waals surface area (Å²) in [7, 11) is 0. The minimum absolute atomic E-state index is 0.296. The van der Waals surface area contributed by atoms with Gasteiger partial charge in [-0.3, -0.25) is 0 Å². The Kier molecular flexibility index (Phi) is 3.03. The van der Waals surface area contributed by atoms with Crippen LogP contribution >= 0.6 is 11.8 Å². The quantitative estimate of drug-likeness (QED) is 0.794. The molecule has 0 aliphatic carbocycles. The van der Waals surface area contributed by atoms with Gasteiger partial charge in [-0.2, -0.15) is 11.8 Å². The third-order valence-corrected chi connectivity index (χ3v) is 4.40. The average Bonchev–Trinajstić information content (AvgIpc) is 2.23. The Hall–Kier alpha value is -0.540. The van der Waals surface area contributed by atoms with Crippen LogP contribution in [0.25, 0.3) is 0 Å². The van der Waals surface area contributed by atoms with Crippen molar-refractivity contribution < 1.29 is 9.50 Å². The highest BCUT2D eigenvalue weighted by molar-refractivity contribution is 7.99. The third kappa shape index (κ3) is 2.18. The van der Waals surface area contributed by atoms with Gasteiger partial charge in [-0.1, -0.05) is 25.1 Å². The van der Waals surface area contributed by atoms with E-state index in [-0.39, 0.29) is 5.82 Å². The van der Waals surface area contributed by atoms with Crippen molar-refractivity contribution >= 4 is 11.8 Å². The van der Waals surface area contributed by atoms with Crippen molar-refractivity contribution in [3.8, 4) is 0 Å². The van der Waals surface area contributed by atoms with Crippen LogP contribution in [0.15, 0.2) is 24.3 Å². The summed E-state index contributed by atoms with van der Waals surface area (Å²) in [6, 6.07) is 6.53. The summed E-state index contributed by atoms with van der Waals surface area (Å²) in [5.74, 6) is 0.296. The topological polar surface area (TPSA) is 20.2 Å². The van der Waals surface area contributed by atoms with Crippen LogP contribution in [0.3, 0.4) is 0 Å². The van der Waals surface area contributed by atoms with Gasteiger partial charge in [-0.15, -0.1) is 0 Å². The molecule has 0 radical (unpaired) electrons. The summed E-state index contributed by atoms with van der Waals surface area (Å²) in [6.45, 7) is 2.14. The summed E-state index contributed by atoms with van der Waals surface area (Å²) in [5.41, 5.74) is -0.521. The molecule has 1 N–H and O–H groups in total. The van der Waals surface area contributed by atoms with Gasteiger partial charge >= 0.3 is 0 Å². The molecular weight excluding hydrogens is 211 g/mol. The molecule has 0 spiro atoms. The summed E-state index contributed by atoms with van der Waals surface area (Å²) in [6.07, 6.45) is 1.59. The van der Waals surface area contributed by atoms with Gasteiger partial charge in [0.2, 0.25) is 0 Å². The van der Waals surface area contributed by atoms with E-state index in [4.69, 9.17) is 0 Å². The van der Waals surface area contributed by atoms with Crippen molar-refractivity contribution in [3.63, 3.8) is 0 Å². The lowest BCUT2D eigenvalue weighted by atomic mass is 9.89. The molecule has 0 bridgehead atoms. The Balaban J connectivity index is 2.26. The predicted octanol–water partition coefficient (Wildman–Crippen LogP) is 2.93. The second-order valence-corrected chi connectivity index (χ2v) is 5.60. The average molecular weight is 226 g/mol. The van der Waals surface area contributed by atoms with E-state index in [0.29, 0.717) is 23.0 Å². The molecule has 2 atom stereocenters. The van der Waals surface area contributed by atoms with Gasteiger partial charge in [0.05, 0.1) is 0 Å². The van der Waals surface area contributed by atoms with Crippen molar-refractivity contribution in [2.24, 2.45) is 0 Å². The van der Waals surface area contributed by atoms with Crippen molar-refractivity contribution in [3.05, 3.63) is 35.6 Å². The van der Waals surface area contributed by atoms with Crippen molar-refractivity contribution in [2.75, 3.05) is 5.75 Å². The van der Waals surface area contributed by atoms with E-state index in [9.17, 15) is 9.50 Å². The molecule has 1 nitrogen and oxygen atoms in total. The Morgan fingerprint density at radius 1 is 1.47 bits per heavy atom. The van der Waals surface area contributed by atoms with Gasteiger partial charge in [0.1, 0.15) is 11.4 Å². The molecule has 15 heavy (non-hydrogen) atoms. The van der Waals surface area contributed by atoms with Crippen molar-refractivity contribution in [1.29, 1.82) is 0 Å². The van der Waals surface area contributed by atoms with E-state index < -0.39 is 5.60 Å². The third-order valence-electron chi connectivity index (χ3n) is 2.95. The highest BCUT2D eigenvalue weighted by Crippen LogP contribution is 2.39.